The van der Waals surface area contributed by atoms with Gasteiger partial charge in [-0.15, -0.1) is 0 Å². The van der Waals surface area contributed by atoms with E-state index in [4.69, 9.17) is 0 Å². The van der Waals surface area contributed by atoms with Gasteiger partial charge in [0, 0.05) is 18.9 Å². The summed E-state index contributed by atoms with van der Waals surface area (Å²) in [5.41, 5.74) is 1.76. The number of carbonyl (C=O) groups excluding carboxylic acids is 1. The molecule has 0 spiro atoms. The van der Waals surface area contributed by atoms with E-state index < -0.39 is 16.3 Å². The van der Waals surface area contributed by atoms with E-state index in [9.17, 15) is 13.2 Å². The van der Waals surface area contributed by atoms with Crippen LogP contribution in [0.1, 0.15) is 24.2 Å². The third-order valence-electron chi connectivity index (χ3n) is 4.03. The molecule has 0 saturated heterocycles. The Morgan fingerprint density at radius 3 is 2.58 bits per heavy atom. The smallest absolute Gasteiger partial charge is 0.301 e. The van der Waals surface area contributed by atoms with E-state index in [1.165, 1.54) is 6.20 Å². The van der Waals surface area contributed by atoms with Crippen molar-refractivity contribution < 1.29 is 13.2 Å². The molecule has 1 amide bonds. The van der Waals surface area contributed by atoms with E-state index in [1.807, 2.05) is 18.2 Å². The molecule has 136 valence electrons. The van der Waals surface area contributed by atoms with E-state index in [2.05, 4.69) is 15.0 Å². The summed E-state index contributed by atoms with van der Waals surface area (Å²) in [6, 6.07) is 13.7. The number of hydrogen-bond donors (Lipinski definition) is 2. The highest BCUT2D eigenvalue weighted by Gasteiger charge is 2.34. The topological polar surface area (TPSA) is 91.4 Å². The molecular weight excluding hydrogens is 352 g/mol. The molecule has 1 unspecified atom stereocenters. The minimum Gasteiger partial charge on any atom is -0.347 e. The van der Waals surface area contributed by atoms with Gasteiger partial charge < -0.3 is 5.32 Å². The highest BCUT2D eigenvalue weighted by Crippen LogP contribution is 2.28. The summed E-state index contributed by atoms with van der Waals surface area (Å²) in [5.74, 6) is -0.342. The molecule has 2 heterocycles. The van der Waals surface area contributed by atoms with Crippen LogP contribution in [0.4, 0.5) is 0 Å². The van der Waals surface area contributed by atoms with Crippen LogP contribution in [-0.4, -0.2) is 30.2 Å². The lowest BCUT2D eigenvalue weighted by Crippen LogP contribution is -2.47. The fourth-order valence-electron chi connectivity index (χ4n) is 2.70. The van der Waals surface area contributed by atoms with Crippen LogP contribution in [0.5, 0.6) is 0 Å². The Labute approximate surface area is 152 Å². The minimum atomic E-state index is -3.69. The van der Waals surface area contributed by atoms with Gasteiger partial charge in [0.2, 0.25) is 0 Å². The number of amides is 1. The van der Waals surface area contributed by atoms with Crippen molar-refractivity contribution in [3.05, 3.63) is 77.8 Å². The van der Waals surface area contributed by atoms with Gasteiger partial charge in [0.1, 0.15) is 0 Å². The van der Waals surface area contributed by atoms with Crippen LogP contribution in [0.2, 0.25) is 0 Å². The molecule has 0 fully saturated rings. The SMILES string of the molecule is CCN1C=C(C(=O)NCc2ccccn2)C(c2ccccc2)NS1(=O)=O. The third-order valence-corrected chi connectivity index (χ3v) is 5.55. The van der Waals surface area contributed by atoms with E-state index in [-0.39, 0.29) is 19.0 Å². The molecule has 0 saturated carbocycles. The first kappa shape index (κ1) is 18.1. The van der Waals surface area contributed by atoms with Gasteiger partial charge >= 0.3 is 10.2 Å². The molecule has 1 atom stereocenters. The van der Waals surface area contributed by atoms with Crippen molar-refractivity contribution in [2.45, 2.75) is 19.5 Å². The Hall–Kier alpha value is -2.71. The Morgan fingerprint density at radius 1 is 1.19 bits per heavy atom. The number of hydrogen-bond acceptors (Lipinski definition) is 4. The maximum atomic E-state index is 12.8. The van der Waals surface area contributed by atoms with Gasteiger partial charge in [-0.3, -0.25) is 14.1 Å². The van der Waals surface area contributed by atoms with E-state index in [1.54, 1.807) is 43.5 Å². The summed E-state index contributed by atoms with van der Waals surface area (Å²) in [7, 11) is -3.69. The molecule has 2 aromatic rings. The molecule has 1 aliphatic rings. The number of nitrogens with zero attached hydrogens (tertiary/aromatic N) is 2. The van der Waals surface area contributed by atoms with Crippen LogP contribution in [0.25, 0.3) is 0 Å². The minimum absolute atomic E-state index is 0.230. The van der Waals surface area contributed by atoms with E-state index >= 15 is 0 Å². The fraction of sp³-hybridized carbons (Fsp3) is 0.222. The van der Waals surface area contributed by atoms with Crippen molar-refractivity contribution in [2.75, 3.05) is 6.54 Å². The van der Waals surface area contributed by atoms with Crippen LogP contribution >= 0.6 is 0 Å². The third kappa shape index (κ3) is 3.92. The standard InChI is InChI=1S/C18H20N4O3S/c1-2-22-13-16(18(23)20-12-15-10-6-7-11-19-15)17(21-26(22,24)25)14-8-4-3-5-9-14/h3-11,13,17,21H,2,12H2,1H3,(H,20,23). The van der Waals surface area contributed by atoms with Gasteiger partial charge in [-0.2, -0.15) is 13.1 Å². The van der Waals surface area contributed by atoms with Crippen molar-refractivity contribution in [1.82, 2.24) is 19.3 Å². The molecular formula is C18H20N4O3S. The lowest BCUT2D eigenvalue weighted by atomic mass is 9.99. The molecule has 1 aromatic heterocycles. The monoisotopic (exact) mass is 372 g/mol. The van der Waals surface area contributed by atoms with Crippen molar-refractivity contribution in [2.24, 2.45) is 0 Å². The highest BCUT2D eigenvalue weighted by atomic mass is 32.2. The normalized spacial score (nSPS) is 18.9. The molecule has 7 nitrogen and oxygen atoms in total. The zero-order valence-electron chi connectivity index (χ0n) is 14.3. The van der Waals surface area contributed by atoms with Gasteiger partial charge in [-0.1, -0.05) is 36.4 Å². The maximum absolute atomic E-state index is 12.8. The van der Waals surface area contributed by atoms with E-state index in [0.717, 1.165) is 10.00 Å². The van der Waals surface area contributed by atoms with Gasteiger partial charge in [0.05, 0.1) is 23.9 Å². The quantitative estimate of drug-likeness (QED) is 0.832. The Morgan fingerprint density at radius 2 is 1.92 bits per heavy atom. The zero-order chi connectivity index (χ0) is 18.6. The van der Waals surface area contributed by atoms with Crippen LogP contribution in [0, 0.1) is 0 Å². The first-order valence-corrected chi connectivity index (χ1v) is 9.69. The summed E-state index contributed by atoms with van der Waals surface area (Å²) in [6.45, 7) is 2.20. The Bertz CT molecular complexity index is 899. The average molecular weight is 372 g/mol. The molecule has 3 rings (SSSR count). The molecule has 8 heteroatoms. The lowest BCUT2D eigenvalue weighted by Gasteiger charge is -2.31. The van der Waals surface area contributed by atoms with Crippen LogP contribution in [-0.2, 0) is 21.5 Å². The summed E-state index contributed by atoms with van der Waals surface area (Å²) < 4.78 is 28.5. The Kier molecular flexibility index (Phi) is 5.34. The van der Waals surface area contributed by atoms with Crippen LogP contribution in [0.15, 0.2) is 66.5 Å². The highest BCUT2D eigenvalue weighted by molar-refractivity contribution is 7.87. The molecule has 0 radical (unpaired) electrons. The number of pyridine rings is 1. The average Bonchev–Trinajstić information content (AvgIpc) is 2.67. The number of rotatable bonds is 5. The van der Waals surface area contributed by atoms with Crippen LogP contribution < -0.4 is 10.0 Å². The van der Waals surface area contributed by atoms with E-state index in [0.29, 0.717) is 11.1 Å². The molecule has 0 aliphatic carbocycles. The van der Waals surface area contributed by atoms with Crippen molar-refractivity contribution >= 4 is 16.1 Å². The molecule has 2 N–H and O–H groups in total. The Balaban J connectivity index is 1.89. The lowest BCUT2D eigenvalue weighted by molar-refractivity contribution is -0.118. The summed E-state index contributed by atoms with van der Waals surface area (Å²) in [4.78, 5) is 16.9. The number of nitrogens with one attached hydrogen (secondary N) is 2. The first-order valence-electron chi connectivity index (χ1n) is 8.25. The molecule has 0 bridgehead atoms. The number of carbonyl (C=O) groups is 1. The van der Waals surface area contributed by atoms with Gasteiger partial charge in [0.25, 0.3) is 5.91 Å². The predicted molar refractivity (Wildman–Crippen MR) is 97.8 cm³/mol. The van der Waals surface area contributed by atoms with Gasteiger partial charge in [-0.25, -0.2) is 0 Å². The summed E-state index contributed by atoms with van der Waals surface area (Å²) in [5, 5.41) is 2.81. The molecule has 1 aromatic carbocycles. The van der Waals surface area contributed by atoms with Crippen molar-refractivity contribution in [3.8, 4) is 0 Å². The second kappa shape index (κ2) is 7.67. The van der Waals surface area contributed by atoms with Crippen molar-refractivity contribution in [1.29, 1.82) is 0 Å². The largest absolute Gasteiger partial charge is 0.347 e. The second-order valence-corrected chi connectivity index (χ2v) is 7.41. The summed E-state index contributed by atoms with van der Waals surface area (Å²) >= 11 is 0. The van der Waals surface area contributed by atoms with Crippen molar-refractivity contribution in [3.63, 3.8) is 0 Å². The van der Waals surface area contributed by atoms with Crippen LogP contribution in [0.3, 0.4) is 0 Å². The molecule has 1 aliphatic heterocycles. The number of aromatic nitrogens is 1. The van der Waals surface area contributed by atoms with Gasteiger partial charge in [0.15, 0.2) is 0 Å². The summed E-state index contributed by atoms with van der Waals surface area (Å²) in [6.07, 6.45) is 3.05. The van der Waals surface area contributed by atoms with Gasteiger partial charge in [-0.05, 0) is 24.6 Å². The zero-order valence-corrected chi connectivity index (χ0v) is 15.1. The fourth-order valence-corrected chi connectivity index (χ4v) is 3.99. The second-order valence-electron chi connectivity index (χ2n) is 5.76. The predicted octanol–water partition coefficient (Wildman–Crippen LogP) is 1.49. The molecule has 26 heavy (non-hydrogen) atoms. The number of benzene rings is 1. The first-order chi connectivity index (χ1) is 12.5. The maximum Gasteiger partial charge on any atom is 0.301 e.